The number of tetrazole rings is 1. The third-order valence-electron chi connectivity index (χ3n) is 4.14. The molecule has 126 valence electrons. The van der Waals surface area contributed by atoms with Crippen molar-refractivity contribution in [3.05, 3.63) is 41.7 Å². The number of nitrogens with zero attached hydrogens (tertiary/aromatic N) is 4. The summed E-state index contributed by atoms with van der Waals surface area (Å²) in [4.78, 5) is 12.8. The van der Waals surface area contributed by atoms with E-state index in [0.29, 0.717) is 23.9 Å². The van der Waals surface area contributed by atoms with Crippen molar-refractivity contribution in [3.63, 3.8) is 0 Å². The highest BCUT2D eigenvalue weighted by Gasteiger charge is 2.32. The summed E-state index contributed by atoms with van der Waals surface area (Å²) in [5.41, 5.74) is 1.26. The number of rotatable bonds is 7. The molecule has 1 aliphatic carbocycles. The van der Waals surface area contributed by atoms with Gasteiger partial charge < -0.3 is 10.4 Å². The number of aromatic nitrogens is 4. The Bertz CT molecular complexity index is 722. The van der Waals surface area contributed by atoms with Crippen LogP contribution in [0.25, 0.3) is 11.8 Å². The number of aryl methyl sites for hydroxylation is 1. The van der Waals surface area contributed by atoms with Crippen LogP contribution in [-0.4, -0.2) is 43.9 Å². The molecule has 0 saturated heterocycles. The van der Waals surface area contributed by atoms with Crippen LogP contribution in [0.15, 0.2) is 30.3 Å². The largest absolute Gasteiger partial charge is 0.396 e. The van der Waals surface area contributed by atoms with Crippen molar-refractivity contribution in [1.82, 2.24) is 25.5 Å². The Labute approximate surface area is 140 Å². The first-order valence-corrected chi connectivity index (χ1v) is 8.13. The zero-order chi connectivity index (χ0) is 16.9. The molecule has 2 aromatic rings. The topological polar surface area (TPSA) is 92.9 Å². The third-order valence-corrected chi connectivity index (χ3v) is 4.14. The van der Waals surface area contributed by atoms with E-state index in [-0.39, 0.29) is 18.6 Å². The molecule has 1 fully saturated rings. The van der Waals surface area contributed by atoms with Gasteiger partial charge in [-0.05, 0) is 54.2 Å². The van der Waals surface area contributed by atoms with E-state index in [1.54, 1.807) is 13.0 Å². The van der Waals surface area contributed by atoms with Crippen LogP contribution in [0.3, 0.4) is 0 Å². The fraction of sp³-hybridized carbons (Fsp3) is 0.412. The van der Waals surface area contributed by atoms with Crippen LogP contribution in [-0.2, 0) is 4.79 Å². The minimum Gasteiger partial charge on any atom is -0.396 e. The first-order valence-electron chi connectivity index (χ1n) is 8.13. The van der Waals surface area contributed by atoms with Gasteiger partial charge in [0.25, 0.3) is 5.91 Å². The van der Waals surface area contributed by atoms with E-state index >= 15 is 0 Å². The fourth-order valence-electron chi connectivity index (χ4n) is 2.69. The molecule has 1 heterocycles. The molecule has 3 rings (SSSR count). The van der Waals surface area contributed by atoms with E-state index in [1.165, 1.54) is 4.68 Å². The van der Waals surface area contributed by atoms with Gasteiger partial charge in [0.1, 0.15) is 5.70 Å². The zero-order valence-corrected chi connectivity index (χ0v) is 13.6. The van der Waals surface area contributed by atoms with Crippen LogP contribution < -0.4 is 5.32 Å². The van der Waals surface area contributed by atoms with Gasteiger partial charge in [-0.2, -0.15) is 4.68 Å². The van der Waals surface area contributed by atoms with Crippen LogP contribution in [0.2, 0.25) is 0 Å². The highest BCUT2D eigenvalue weighted by atomic mass is 16.3. The van der Waals surface area contributed by atoms with Crippen LogP contribution in [0.4, 0.5) is 0 Å². The van der Waals surface area contributed by atoms with E-state index in [4.69, 9.17) is 0 Å². The third kappa shape index (κ3) is 3.86. The molecule has 1 aliphatic rings. The van der Waals surface area contributed by atoms with Crippen molar-refractivity contribution in [1.29, 1.82) is 0 Å². The van der Waals surface area contributed by atoms with Crippen molar-refractivity contribution in [2.45, 2.75) is 32.2 Å². The average molecular weight is 327 g/mol. The number of nitrogens with one attached hydrogen (secondary N) is 1. The number of aliphatic hydroxyl groups is 1. The Kier molecular flexibility index (Phi) is 5.00. The number of benzene rings is 1. The number of carbonyl (C=O) groups is 1. The summed E-state index contributed by atoms with van der Waals surface area (Å²) in [5, 5.41) is 23.7. The number of hydrogen-bond acceptors (Lipinski definition) is 5. The average Bonchev–Trinajstić information content (AvgIpc) is 3.35. The molecule has 24 heavy (non-hydrogen) atoms. The van der Waals surface area contributed by atoms with Crippen LogP contribution >= 0.6 is 0 Å². The second-order valence-corrected chi connectivity index (χ2v) is 6.01. The van der Waals surface area contributed by atoms with Crippen molar-refractivity contribution in [2.75, 3.05) is 6.61 Å². The van der Waals surface area contributed by atoms with Gasteiger partial charge in [-0.1, -0.05) is 30.3 Å². The second-order valence-electron chi connectivity index (χ2n) is 6.01. The molecule has 1 amide bonds. The monoisotopic (exact) mass is 327 g/mol. The van der Waals surface area contributed by atoms with Crippen molar-refractivity contribution >= 4 is 17.7 Å². The Morgan fingerprint density at radius 1 is 1.42 bits per heavy atom. The fourth-order valence-corrected chi connectivity index (χ4v) is 2.69. The van der Waals surface area contributed by atoms with E-state index in [2.05, 4.69) is 20.8 Å². The van der Waals surface area contributed by atoms with E-state index < -0.39 is 0 Å². The Morgan fingerprint density at radius 2 is 2.17 bits per heavy atom. The number of hydrogen-bond donors (Lipinski definition) is 2. The normalized spacial score (nSPS) is 16.0. The standard InChI is InChI=1S/C17H21N5O2/c1-12-19-20-21-22(12)16(11-13-5-3-2-4-6-13)17(24)18-15(9-10-23)14-7-8-14/h2-6,11,14-15,23H,7-10H2,1H3,(H,18,24)/b16-11+. The summed E-state index contributed by atoms with van der Waals surface area (Å²) in [6.07, 6.45) is 4.50. The summed E-state index contributed by atoms with van der Waals surface area (Å²) < 4.78 is 1.44. The molecule has 1 saturated carbocycles. The first kappa shape index (κ1) is 16.3. The lowest BCUT2D eigenvalue weighted by molar-refractivity contribution is -0.116. The minimum absolute atomic E-state index is 0.0153. The first-order chi connectivity index (χ1) is 11.7. The summed E-state index contributed by atoms with van der Waals surface area (Å²) in [7, 11) is 0. The minimum atomic E-state index is -0.236. The molecule has 0 bridgehead atoms. The quantitative estimate of drug-likeness (QED) is 0.747. The van der Waals surface area contributed by atoms with Gasteiger partial charge in [-0.3, -0.25) is 4.79 Å². The summed E-state index contributed by atoms with van der Waals surface area (Å²) in [5.74, 6) is 0.756. The maximum atomic E-state index is 12.8. The molecule has 1 aromatic heterocycles. The summed E-state index contributed by atoms with van der Waals surface area (Å²) >= 11 is 0. The Morgan fingerprint density at radius 3 is 2.75 bits per heavy atom. The van der Waals surface area contributed by atoms with Gasteiger partial charge in [0.2, 0.25) is 0 Å². The van der Waals surface area contributed by atoms with Gasteiger partial charge in [0.05, 0.1) is 0 Å². The molecule has 7 heteroatoms. The predicted molar refractivity (Wildman–Crippen MR) is 89.5 cm³/mol. The lowest BCUT2D eigenvalue weighted by atomic mass is 10.1. The van der Waals surface area contributed by atoms with Gasteiger partial charge in [-0.15, -0.1) is 5.10 Å². The molecule has 0 radical (unpaired) electrons. The molecular weight excluding hydrogens is 306 g/mol. The van der Waals surface area contributed by atoms with E-state index in [9.17, 15) is 9.90 Å². The zero-order valence-electron chi connectivity index (χ0n) is 13.6. The molecule has 0 spiro atoms. The molecule has 2 N–H and O–H groups in total. The molecule has 1 atom stereocenters. The van der Waals surface area contributed by atoms with Gasteiger partial charge in [-0.25, -0.2) is 0 Å². The van der Waals surface area contributed by atoms with Crippen LogP contribution in [0, 0.1) is 12.8 Å². The molecule has 7 nitrogen and oxygen atoms in total. The number of aliphatic hydroxyl groups excluding tert-OH is 1. The van der Waals surface area contributed by atoms with Crippen LogP contribution in [0.5, 0.6) is 0 Å². The number of carbonyl (C=O) groups excluding carboxylic acids is 1. The van der Waals surface area contributed by atoms with Gasteiger partial charge in [0, 0.05) is 12.6 Å². The second kappa shape index (κ2) is 7.35. The maximum Gasteiger partial charge on any atom is 0.270 e. The van der Waals surface area contributed by atoms with E-state index in [1.807, 2.05) is 30.3 Å². The summed E-state index contributed by atoms with van der Waals surface area (Å²) in [6.45, 7) is 1.81. The molecule has 0 aliphatic heterocycles. The van der Waals surface area contributed by atoms with Crippen molar-refractivity contribution < 1.29 is 9.90 Å². The lowest BCUT2D eigenvalue weighted by Crippen LogP contribution is -2.38. The maximum absolute atomic E-state index is 12.8. The highest BCUT2D eigenvalue weighted by molar-refractivity contribution is 6.18. The lowest BCUT2D eigenvalue weighted by Gasteiger charge is -2.18. The molecule has 1 unspecified atom stereocenters. The highest BCUT2D eigenvalue weighted by Crippen LogP contribution is 2.34. The van der Waals surface area contributed by atoms with Crippen molar-refractivity contribution in [2.24, 2.45) is 5.92 Å². The molecular formula is C17H21N5O2. The van der Waals surface area contributed by atoms with E-state index in [0.717, 1.165) is 18.4 Å². The summed E-state index contributed by atoms with van der Waals surface area (Å²) in [6, 6.07) is 9.56. The number of amides is 1. The smallest absolute Gasteiger partial charge is 0.270 e. The van der Waals surface area contributed by atoms with Crippen LogP contribution in [0.1, 0.15) is 30.7 Å². The van der Waals surface area contributed by atoms with Gasteiger partial charge in [0.15, 0.2) is 5.82 Å². The SMILES string of the molecule is Cc1nnnn1/C(=C/c1ccccc1)C(=O)NC(CCO)C1CC1. The Hall–Kier alpha value is -2.54. The Balaban J connectivity index is 1.88. The predicted octanol–water partition coefficient (Wildman–Crippen LogP) is 1.26. The van der Waals surface area contributed by atoms with Crippen molar-refractivity contribution in [3.8, 4) is 0 Å². The molecule has 1 aromatic carbocycles. The van der Waals surface area contributed by atoms with Gasteiger partial charge >= 0.3 is 0 Å².